The van der Waals surface area contributed by atoms with Gasteiger partial charge in [0.05, 0.1) is 11.5 Å². The van der Waals surface area contributed by atoms with Crippen LogP contribution in [-0.2, 0) is 29.3 Å². The van der Waals surface area contributed by atoms with E-state index in [0.717, 1.165) is 37.9 Å². The zero-order valence-corrected chi connectivity index (χ0v) is 19.0. The van der Waals surface area contributed by atoms with Crippen LogP contribution in [0.25, 0.3) is 0 Å². The number of imide groups is 1. The predicted octanol–water partition coefficient (Wildman–Crippen LogP) is 2.53. The Kier molecular flexibility index (Phi) is 7.26. The van der Waals surface area contributed by atoms with Gasteiger partial charge in [0.1, 0.15) is 0 Å². The van der Waals surface area contributed by atoms with Gasteiger partial charge < -0.3 is 14.4 Å². The normalized spacial score (nSPS) is 25.5. The van der Waals surface area contributed by atoms with E-state index in [1.807, 2.05) is 35.2 Å². The molecular formula is C25H34N2O5. The first kappa shape index (κ1) is 22.9. The molecule has 0 spiro atoms. The van der Waals surface area contributed by atoms with E-state index in [1.165, 1.54) is 4.90 Å². The number of carbonyl (C=O) groups excluding carboxylic acids is 3. The Morgan fingerprint density at radius 1 is 1.19 bits per heavy atom. The maximum Gasteiger partial charge on any atom is 0.240 e. The minimum Gasteiger partial charge on any atom is -0.385 e. The van der Waals surface area contributed by atoms with Crippen molar-refractivity contribution in [3.63, 3.8) is 0 Å². The Labute approximate surface area is 190 Å². The van der Waals surface area contributed by atoms with Crippen molar-refractivity contribution in [3.05, 3.63) is 35.9 Å². The summed E-state index contributed by atoms with van der Waals surface area (Å²) in [5.74, 6) is 0.00731. The third kappa shape index (κ3) is 5.04. The Balaban J connectivity index is 1.57. The SMILES string of the molecule is COCCCN1C(=O)C[C@@](CC(=O)N(CC2CC2)C[C@H]2CCCO2)(c2ccccc2)C1=O. The van der Waals surface area contributed by atoms with Crippen LogP contribution in [0.3, 0.4) is 0 Å². The molecule has 2 saturated heterocycles. The zero-order chi connectivity index (χ0) is 22.6. The molecule has 174 valence electrons. The van der Waals surface area contributed by atoms with Crippen molar-refractivity contribution >= 4 is 17.7 Å². The van der Waals surface area contributed by atoms with E-state index in [9.17, 15) is 14.4 Å². The third-order valence-corrected chi connectivity index (χ3v) is 6.89. The summed E-state index contributed by atoms with van der Waals surface area (Å²) in [6.45, 7) is 2.82. The van der Waals surface area contributed by atoms with Crippen LogP contribution >= 0.6 is 0 Å². The van der Waals surface area contributed by atoms with Crippen molar-refractivity contribution in [2.45, 2.75) is 56.5 Å². The number of rotatable bonds is 11. The topological polar surface area (TPSA) is 76.2 Å². The van der Waals surface area contributed by atoms with Gasteiger partial charge in [0.15, 0.2) is 0 Å². The van der Waals surface area contributed by atoms with Crippen LogP contribution in [0.4, 0.5) is 0 Å². The minimum atomic E-state index is -1.14. The summed E-state index contributed by atoms with van der Waals surface area (Å²) in [7, 11) is 1.60. The number of hydrogen-bond acceptors (Lipinski definition) is 5. The van der Waals surface area contributed by atoms with Gasteiger partial charge in [-0.2, -0.15) is 0 Å². The van der Waals surface area contributed by atoms with E-state index in [4.69, 9.17) is 9.47 Å². The summed E-state index contributed by atoms with van der Waals surface area (Å²) in [6, 6.07) is 9.33. The number of benzene rings is 1. The zero-order valence-electron chi connectivity index (χ0n) is 19.0. The van der Waals surface area contributed by atoms with Crippen LogP contribution < -0.4 is 0 Å². The van der Waals surface area contributed by atoms with Gasteiger partial charge >= 0.3 is 0 Å². The van der Waals surface area contributed by atoms with Gasteiger partial charge in [-0.1, -0.05) is 30.3 Å². The van der Waals surface area contributed by atoms with Crippen molar-refractivity contribution in [1.82, 2.24) is 9.80 Å². The summed E-state index contributed by atoms with van der Waals surface area (Å²) in [6.07, 6.45) is 4.97. The molecule has 0 aromatic heterocycles. The average Bonchev–Trinajstić information content (AvgIpc) is 3.40. The van der Waals surface area contributed by atoms with Crippen molar-refractivity contribution in [3.8, 4) is 0 Å². The first-order valence-electron chi connectivity index (χ1n) is 11.8. The van der Waals surface area contributed by atoms with E-state index in [2.05, 4.69) is 0 Å². The number of nitrogens with zero attached hydrogens (tertiary/aromatic N) is 2. The Morgan fingerprint density at radius 2 is 1.97 bits per heavy atom. The number of hydrogen-bond donors (Lipinski definition) is 0. The summed E-state index contributed by atoms with van der Waals surface area (Å²) in [5.41, 5.74) is -0.398. The van der Waals surface area contributed by atoms with Crippen LogP contribution in [0.15, 0.2) is 30.3 Å². The summed E-state index contributed by atoms with van der Waals surface area (Å²) in [5, 5.41) is 0. The van der Waals surface area contributed by atoms with Gasteiger partial charge in [-0.25, -0.2) is 0 Å². The molecule has 1 aromatic rings. The molecule has 3 fully saturated rings. The van der Waals surface area contributed by atoms with Crippen molar-refractivity contribution in [2.75, 3.05) is 40.0 Å². The molecule has 4 rings (SSSR count). The molecule has 32 heavy (non-hydrogen) atoms. The van der Waals surface area contributed by atoms with Crippen molar-refractivity contribution < 1.29 is 23.9 Å². The van der Waals surface area contributed by atoms with Crippen LogP contribution in [-0.4, -0.2) is 73.6 Å². The Hall–Kier alpha value is -2.25. The summed E-state index contributed by atoms with van der Waals surface area (Å²) >= 11 is 0. The second kappa shape index (κ2) is 10.1. The fraction of sp³-hybridized carbons (Fsp3) is 0.640. The molecule has 3 amide bonds. The fourth-order valence-electron chi connectivity index (χ4n) is 4.91. The molecule has 0 radical (unpaired) electrons. The molecular weight excluding hydrogens is 408 g/mol. The molecule has 2 aliphatic heterocycles. The largest absolute Gasteiger partial charge is 0.385 e. The number of ether oxygens (including phenoxy) is 2. The van der Waals surface area contributed by atoms with Crippen LogP contribution in [0.5, 0.6) is 0 Å². The van der Waals surface area contributed by atoms with E-state index >= 15 is 0 Å². The highest BCUT2D eigenvalue weighted by Gasteiger charge is 2.54. The standard InChI is InChI=1S/C25H34N2O5/c1-31-13-6-12-27-23(29)16-25(24(27)30,20-7-3-2-4-8-20)15-22(28)26(17-19-10-11-19)18-21-9-5-14-32-21/h2-4,7-8,19,21H,5-6,9-18H2,1H3/t21-,25+/m1/s1. The predicted molar refractivity (Wildman–Crippen MR) is 119 cm³/mol. The highest BCUT2D eigenvalue weighted by atomic mass is 16.5. The third-order valence-electron chi connectivity index (χ3n) is 6.89. The Bertz CT molecular complexity index is 819. The lowest BCUT2D eigenvalue weighted by atomic mass is 9.75. The van der Waals surface area contributed by atoms with Gasteiger partial charge in [0.25, 0.3) is 0 Å². The lowest BCUT2D eigenvalue weighted by molar-refractivity contribution is -0.143. The van der Waals surface area contributed by atoms with Crippen molar-refractivity contribution in [1.29, 1.82) is 0 Å². The van der Waals surface area contributed by atoms with E-state index < -0.39 is 5.41 Å². The van der Waals surface area contributed by atoms with E-state index in [1.54, 1.807) is 7.11 Å². The van der Waals surface area contributed by atoms with Gasteiger partial charge in [-0.05, 0) is 43.6 Å². The minimum absolute atomic E-state index is 0.0157. The second-order valence-electron chi connectivity index (χ2n) is 9.38. The van der Waals surface area contributed by atoms with Gasteiger partial charge in [0, 0.05) is 52.8 Å². The highest BCUT2D eigenvalue weighted by molar-refractivity contribution is 6.10. The molecule has 1 aliphatic carbocycles. The van der Waals surface area contributed by atoms with Gasteiger partial charge in [-0.3, -0.25) is 19.3 Å². The van der Waals surface area contributed by atoms with Crippen LogP contribution in [0.1, 0.15) is 50.5 Å². The smallest absolute Gasteiger partial charge is 0.240 e. The molecule has 1 aromatic carbocycles. The van der Waals surface area contributed by atoms with Gasteiger partial charge in [0.2, 0.25) is 17.7 Å². The molecule has 0 bridgehead atoms. The average molecular weight is 443 g/mol. The molecule has 1 saturated carbocycles. The summed E-state index contributed by atoms with van der Waals surface area (Å²) < 4.78 is 10.9. The van der Waals surface area contributed by atoms with Crippen LogP contribution in [0, 0.1) is 5.92 Å². The monoisotopic (exact) mass is 442 g/mol. The van der Waals surface area contributed by atoms with Crippen molar-refractivity contribution in [2.24, 2.45) is 5.92 Å². The lowest BCUT2D eigenvalue weighted by Gasteiger charge is -2.32. The number of carbonyl (C=O) groups is 3. The Morgan fingerprint density at radius 3 is 2.62 bits per heavy atom. The molecule has 2 atom stereocenters. The number of methoxy groups -OCH3 is 1. The molecule has 0 unspecified atom stereocenters. The molecule has 2 heterocycles. The molecule has 7 heteroatoms. The number of likely N-dealkylation sites (tertiary alicyclic amines) is 1. The molecule has 3 aliphatic rings. The quantitative estimate of drug-likeness (QED) is 0.389. The molecule has 0 N–H and O–H groups in total. The lowest BCUT2D eigenvalue weighted by Crippen LogP contribution is -2.45. The van der Waals surface area contributed by atoms with E-state index in [0.29, 0.717) is 38.6 Å². The maximum absolute atomic E-state index is 13.6. The van der Waals surface area contributed by atoms with E-state index in [-0.39, 0.29) is 36.7 Å². The fourth-order valence-corrected chi connectivity index (χ4v) is 4.91. The van der Waals surface area contributed by atoms with Crippen LogP contribution in [0.2, 0.25) is 0 Å². The highest BCUT2D eigenvalue weighted by Crippen LogP contribution is 2.41. The van der Waals surface area contributed by atoms with Gasteiger partial charge in [-0.15, -0.1) is 0 Å². The second-order valence-corrected chi connectivity index (χ2v) is 9.38. The maximum atomic E-state index is 13.6. The summed E-state index contributed by atoms with van der Waals surface area (Å²) in [4.78, 5) is 43.4. The number of amides is 3. The molecule has 7 nitrogen and oxygen atoms in total. The first-order chi connectivity index (χ1) is 15.5. The first-order valence-corrected chi connectivity index (χ1v) is 11.8.